The Kier molecular flexibility index (Phi) is 4.50. The van der Waals surface area contributed by atoms with E-state index < -0.39 is 0 Å². The molecule has 1 aromatic carbocycles. The summed E-state index contributed by atoms with van der Waals surface area (Å²) >= 11 is 0. The lowest BCUT2D eigenvalue weighted by molar-refractivity contribution is 0.292. The average molecular weight is 287 g/mol. The lowest BCUT2D eigenvalue weighted by atomic mass is 10.1. The number of aryl methyl sites for hydroxylation is 1. The van der Waals surface area contributed by atoms with Crippen molar-refractivity contribution in [2.24, 2.45) is 0 Å². The summed E-state index contributed by atoms with van der Waals surface area (Å²) in [4.78, 5) is 4.46. The van der Waals surface area contributed by atoms with Crippen molar-refractivity contribution in [1.82, 2.24) is 15.5 Å². The molecule has 5 nitrogen and oxygen atoms in total. The summed E-state index contributed by atoms with van der Waals surface area (Å²) < 4.78 is 11.1. The summed E-state index contributed by atoms with van der Waals surface area (Å²) in [5.74, 6) is 2.30. The molecule has 1 fully saturated rings. The van der Waals surface area contributed by atoms with E-state index in [2.05, 4.69) is 28.4 Å². The van der Waals surface area contributed by atoms with Crippen LogP contribution in [0.1, 0.15) is 42.6 Å². The molecule has 0 saturated carbocycles. The fourth-order valence-electron chi connectivity index (χ4n) is 2.54. The van der Waals surface area contributed by atoms with Crippen LogP contribution in [-0.4, -0.2) is 23.3 Å². The van der Waals surface area contributed by atoms with Gasteiger partial charge in [-0.05, 0) is 44.0 Å². The molecule has 0 bridgehead atoms. The first-order valence-electron chi connectivity index (χ1n) is 7.56. The van der Waals surface area contributed by atoms with Crippen LogP contribution in [0.15, 0.2) is 28.8 Å². The van der Waals surface area contributed by atoms with Crippen molar-refractivity contribution in [2.45, 2.75) is 38.6 Å². The number of rotatable bonds is 5. The van der Waals surface area contributed by atoms with Gasteiger partial charge in [-0.1, -0.05) is 23.7 Å². The molecule has 1 N–H and O–H groups in total. The van der Waals surface area contributed by atoms with E-state index >= 15 is 0 Å². The van der Waals surface area contributed by atoms with E-state index in [1.54, 1.807) is 0 Å². The second kappa shape index (κ2) is 6.72. The van der Waals surface area contributed by atoms with E-state index in [1.807, 2.05) is 18.2 Å². The molecule has 0 radical (unpaired) electrons. The quantitative estimate of drug-likeness (QED) is 0.916. The van der Waals surface area contributed by atoms with Crippen LogP contribution in [0.5, 0.6) is 5.75 Å². The standard InChI is InChI=1S/C16H21N3O2/c1-12-5-4-6-13(11-12)20-10-8-15-18-16(21-19-15)14-7-2-3-9-17-14/h4-6,11,14,17H,2-3,7-10H2,1H3/t14-/m1/s1. The highest BCUT2D eigenvalue weighted by molar-refractivity contribution is 5.27. The normalized spacial score (nSPS) is 18.6. The van der Waals surface area contributed by atoms with Crippen molar-refractivity contribution < 1.29 is 9.26 Å². The zero-order chi connectivity index (χ0) is 14.5. The van der Waals surface area contributed by atoms with Crippen LogP contribution in [-0.2, 0) is 6.42 Å². The molecule has 5 heteroatoms. The second-order valence-corrected chi connectivity index (χ2v) is 5.47. The number of ether oxygens (including phenoxy) is 1. The van der Waals surface area contributed by atoms with E-state index in [0.717, 1.165) is 18.7 Å². The molecule has 1 atom stereocenters. The van der Waals surface area contributed by atoms with Gasteiger partial charge in [0.15, 0.2) is 5.82 Å². The number of piperidine rings is 1. The third-order valence-corrected chi connectivity index (χ3v) is 3.68. The lowest BCUT2D eigenvalue weighted by Gasteiger charge is -2.19. The fourth-order valence-corrected chi connectivity index (χ4v) is 2.54. The summed E-state index contributed by atoms with van der Waals surface area (Å²) in [6.45, 7) is 3.63. The van der Waals surface area contributed by atoms with Crippen molar-refractivity contribution in [3.05, 3.63) is 41.5 Å². The molecule has 0 amide bonds. The highest BCUT2D eigenvalue weighted by Gasteiger charge is 2.20. The van der Waals surface area contributed by atoms with Gasteiger partial charge in [0.1, 0.15) is 5.75 Å². The van der Waals surface area contributed by atoms with Crippen molar-refractivity contribution >= 4 is 0 Å². The lowest BCUT2D eigenvalue weighted by Crippen LogP contribution is -2.27. The Morgan fingerprint density at radius 2 is 2.33 bits per heavy atom. The molecule has 1 aromatic heterocycles. The average Bonchev–Trinajstić information content (AvgIpc) is 2.97. The first-order chi connectivity index (χ1) is 10.3. The summed E-state index contributed by atoms with van der Waals surface area (Å²) in [6.07, 6.45) is 4.17. The zero-order valence-electron chi connectivity index (χ0n) is 12.3. The van der Waals surface area contributed by atoms with Crippen LogP contribution in [0, 0.1) is 6.92 Å². The third kappa shape index (κ3) is 3.82. The molecule has 3 rings (SSSR count). The summed E-state index contributed by atoms with van der Waals surface area (Å²) in [5, 5.41) is 7.44. The molecule has 2 aromatic rings. The Balaban J connectivity index is 1.50. The number of benzene rings is 1. The van der Waals surface area contributed by atoms with Gasteiger partial charge >= 0.3 is 0 Å². The molecule has 0 unspecified atom stereocenters. The predicted octanol–water partition coefficient (Wildman–Crippen LogP) is 2.81. The van der Waals surface area contributed by atoms with Crippen LogP contribution in [0.3, 0.4) is 0 Å². The molecule has 21 heavy (non-hydrogen) atoms. The molecular formula is C16H21N3O2. The Hall–Kier alpha value is -1.88. The maximum Gasteiger partial charge on any atom is 0.243 e. The molecular weight excluding hydrogens is 266 g/mol. The first-order valence-corrected chi connectivity index (χ1v) is 7.56. The summed E-state index contributed by atoms with van der Waals surface area (Å²) in [5.41, 5.74) is 1.19. The SMILES string of the molecule is Cc1cccc(OCCc2noc([C@H]3CCCCN3)n2)c1. The minimum Gasteiger partial charge on any atom is -0.493 e. The summed E-state index contributed by atoms with van der Waals surface area (Å²) in [7, 11) is 0. The van der Waals surface area contributed by atoms with E-state index in [1.165, 1.54) is 18.4 Å². The van der Waals surface area contributed by atoms with Crippen LogP contribution < -0.4 is 10.1 Å². The van der Waals surface area contributed by atoms with Gasteiger partial charge in [0.25, 0.3) is 0 Å². The molecule has 1 aliphatic heterocycles. The predicted molar refractivity (Wildman–Crippen MR) is 79.3 cm³/mol. The Bertz CT molecular complexity index is 576. The Labute approximate surface area is 124 Å². The first kappa shape index (κ1) is 14.1. The third-order valence-electron chi connectivity index (χ3n) is 3.68. The van der Waals surface area contributed by atoms with E-state index in [4.69, 9.17) is 9.26 Å². The number of hydrogen-bond donors (Lipinski definition) is 1. The Morgan fingerprint density at radius 3 is 3.14 bits per heavy atom. The van der Waals surface area contributed by atoms with E-state index in [-0.39, 0.29) is 6.04 Å². The largest absolute Gasteiger partial charge is 0.493 e. The van der Waals surface area contributed by atoms with Crippen LogP contribution >= 0.6 is 0 Å². The molecule has 0 aliphatic carbocycles. The van der Waals surface area contributed by atoms with Crippen molar-refractivity contribution in [2.75, 3.05) is 13.2 Å². The molecule has 2 heterocycles. The van der Waals surface area contributed by atoms with Crippen LogP contribution in [0.2, 0.25) is 0 Å². The van der Waals surface area contributed by atoms with E-state index in [0.29, 0.717) is 24.7 Å². The molecule has 0 spiro atoms. The molecule has 1 aliphatic rings. The van der Waals surface area contributed by atoms with Gasteiger partial charge in [-0.2, -0.15) is 4.98 Å². The minimum absolute atomic E-state index is 0.220. The zero-order valence-corrected chi connectivity index (χ0v) is 12.3. The smallest absolute Gasteiger partial charge is 0.243 e. The highest BCUT2D eigenvalue weighted by Crippen LogP contribution is 2.21. The van der Waals surface area contributed by atoms with Crippen LogP contribution in [0.25, 0.3) is 0 Å². The minimum atomic E-state index is 0.220. The number of nitrogens with zero attached hydrogens (tertiary/aromatic N) is 2. The summed E-state index contributed by atoms with van der Waals surface area (Å²) in [6, 6.07) is 8.24. The molecule has 1 saturated heterocycles. The molecule has 112 valence electrons. The highest BCUT2D eigenvalue weighted by atomic mass is 16.5. The van der Waals surface area contributed by atoms with Crippen molar-refractivity contribution in [3.63, 3.8) is 0 Å². The van der Waals surface area contributed by atoms with Crippen molar-refractivity contribution in [3.8, 4) is 5.75 Å². The van der Waals surface area contributed by atoms with Gasteiger partial charge < -0.3 is 14.6 Å². The maximum atomic E-state index is 5.71. The number of nitrogens with one attached hydrogen (secondary N) is 1. The number of hydrogen-bond acceptors (Lipinski definition) is 5. The monoisotopic (exact) mass is 287 g/mol. The number of aromatic nitrogens is 2. The Morgan fingerprint density at radius 1 is 1.38 bits per heavy atom. The second-order valence-electron chi connectivity index (χ2n) is 5.47. The van der Waals surface area contributed by atoms with Crippen molar-refractivity contribution in [1.29, 1.82) is 0 Å². The van der Waals surface area contributed by atoms with Gasteiger partial charge in [0.05, 0.1) is 12.6 Å². The van der Waals surface area contributed by atoms with Gasteiger partial charge in [-0.3, -0.25) is 0 Å². The fraction of sp³-hybridized carbons (Fsp3) is 0.500. The maximum absolute atomic E-state index is 5.71. The van der Waals surface area contributed by atoms with E-state index in [9.17, 15) is 0 Å². The van der Waals surface area contributed by atoms with Gasteiger partial charge in [0, 0.05) is 6.42 Å². The topological polar surface area (TPSA) is 60.2 Å². The van der Waals surface area contributed by atoms with Gasteiger partial charge in [0.2, 0.25) is 5.89 Å². The van der Waals surface area contributed by atoms with Gasteiger partial charge in [-0.15, -0.1) is 0 Å². The van der Waals surface area contributed by atoms with Crippen LogP contribution in [0.4, 0.5) is 0 Å². The van der Waals surface area contributed by atoms with Gasteiger partial charge in [-0.25, -0.2) is 0 Å².